The summed E-state index contributed by atoms with van der Waals surface area (Å²) in [6, 6.07) is 0. The first-order valence-corrected chi connectivity index (χ1v) is 16.2. The molecule has 0 aromatic carbocycles. The molecule has 170 valence electrons. The molecule has 1 fully saturated rings. The highest BCUT2D eigenvalue weighted by molar-refractivity contribution is 6.74. The molecule has 6 nitrogen and oxygen atoms in total. The third kappa shape index (κ3) is 6.24. The van der Waals surface area contributed by atoms with Gasteiger partial charge in [0, 0.05) is 12.0 Å². The minimum Gasteiger partial charge on any atom is -0.478 e. The Hall–Kier alpha value is -0.516. The summed E-state index contributed by atoms with van der Waals surface area (Å²) in [7, 11) is -4.48. The van der Waals surface area contributed by atoms with Gasteiger partial charge in [0.15, 0.2) is 16.6 Å². The second kappa shape index (κ2) is 8.92. The van der Waals surface area contributed by atoms with Crippen LogP contribution in [0.15, 0.2) is 11.6 Å². The van der Waals surface area contributed by atoms with E-state index in [1.807, 2.05) is 0 Å². The van der Waals surface area contributed by atoms with Crippen LogP contribution in [0.3, 0.4) is 0 Å². The molecule has 1 aliphatic rings. The highest BCUT2D eigenvalue weighted by Crippen LogP contribution is 2.44. The predicted octanol–water partition coefficient (Wildman–Crippen LogP) is 4.15. The van der Waals surface area contributed by atoms with E-state index in [4.69, 9.17) is 8.85 Å². The normalized spacial score (nSPS) is 28.6. The van der Waals surface area contributed by atoms with Crippen molar-refractivity contribution in [2.45, 2.75) is 103 Å². The fourth-order valence-electron chi connectivity index (χ4n) is 3.05. The topological polar surface area (TPSA) is 96.2 Å². The SMILES string of the molecule is CC(C)(C)[Si](C)(C)OC1CC(=CC(=O)O)C(CO)C(O[Si](C)(C)C(C)(C)C)C1O. The van der Waals surface area contributed by atoms with E-state index < -0.39 is 46.8 Å². The van der Waals surface area contributed by atoms with Gasteiger partial charge in [-0.15, -0.1) is 0 Å². The number of hydrogen-bond donors (Lipinski definition) is 3. The van der Waals surface area contributed by atoms with Crippen molar-refractivity contribution >= 4 is 22.6 Å². The van der Waals surface area contributed by atoms with Gasteiger partial charge in [0.25, 0.3) is 0 Å². The zero-order chi connectivity index (χ0) is 23.0. The molecule has 0 radical (unpaired) electrons. The highest BCUT2D eigenvalue weighted by atomic mass is 28.4. The standard InChI is InChI=1S/C21H42O6Si2/c1-20(2,3)28(7,8)26-16-11-14(12-17(23)24)15(13-22)19(18(16)25)27-29(9,10)21(4,5)6/h12,15-16,18-19,22,25H,11,13H2,1-10H3,(H,23,24). The van der Waals surface area contributed by atoms with Gasteiger partial charge in [-0.05, 0) is 42.7 Å². The van der Waals surface area contributed by atoms with Crippen LogP contribution < -0.4 is 0 Å². The number of aliphatic hydroxyl groups is 2. The van der Waals surface area contributed by atoms with E-state index in [1.54, 1.807) is 0 Å². The van der Waals surface area contributed by atoms with Gasteiger partial charge in [-0.3, -0.25) is 0 Å². The van der Waals surface area contributed by atoms with Gasteiger partial charge in [0.1, 0.15) is 6.10 Å². The largest absolute Gasteiger partial charge is 0.478 e. The van der Waals surface area contributed by atoms with E-state index in [0.29, 0.717) is 5.57 Å². The number of aliphatic carboxylic acids is 1. The Labute approximate surface area is 178 Å². The molecule has 0 bridgehead atoms. The van der Waals surface area contributed by atoms with Crippen molar-refractivity contribution in [2.24, 2.45) is 5.92 Å². The lowest BCUT2D eigenvalue weighted by Crippen LogP contribution is -2.59. The number of aliphatic hydroxyl groups excluding tert-OH is 2. The maximum absolute atomic E-state index is 11.4. The summed E-state index contributed by atoms with van der Waals surface area (Å²) < 4.78 is 13.0. The number of carbonyl (C=O) groups is 1. The van der Waals surface area contributed by atoms with Crippen molar-refractivity contribution in [1.29, 1.82) is 0 Å². The molecule has 8 heteroatoms. The number of hydrogen-bond acceptors (Lipinski definition) is 5. The number of rotatable bonds is 6. The summed E-state index contributed by atoms with van der Waals surface area (Å²) in [6.45, 7) is 20.8. The lowest BCUT2D eigenvalue weighted by molar-refractivity contribution is -0.131. The molecule has 3 N–H and O–H groups in total. The molecule has 0 spiro atoms. The van der Waals surface area contributed by atoms with E-state index in [-0.39, 0.29) is 23.1 Å². The van der Waals surface area contributed by atoms with Crippen LogP contribution in [-0.4, -0.2) is 62.8 Å². The molecule has 4 atom stereocenters. The molecule has 1 aliphatic carbocycles. The summed E-state index contributed by atoms with van der Waals surface area (Å²) in [5.41, 5.74) is 0.567. The van der Waals surface area contributed by atoms with Crippen LogP contribution in [0.5, 0.6) is 0 Å². The monoisotopic (exact) mass is 446 g/mol. The lowest BCUT2D eigenvalue weighted by atomic mass is 9.79. The van der Waals surface area contributed by atoms with Crippen LogP contribution in [0.4, 0.5) is 0 Å². The van der Waals surface area contributed by atoms with Gasteiger partial charge in [0.05, 0.1) is 18.8 Å². The average molecular weight is 447 g/mol. The summed E-state index contributed by atoms with van der Waals surface area (Å²) in [6.07, 6.45) is -0.755. The molecule has 0 saturated heterocycles. The van der Waals surface area contributed by atoms with Crippen LogP contribution in [0, 0.1) is 5.92 Å². The molecule has 0 aromatic rings. The molecule has 1 saturated carbocycles. The Morgan fingerprint density at radius 3 is 1.86 bits per heavy atom. The summed E-state index contributed by atoms with van der Waals surface area (Å²) in [5.74, 6) is -1.62. The third-order valence-electron chi connectivity index (χ3n) is 7.02. The fourth-order valence-corrected chi connectivity index (χ4v) is 5.72. The molecule has 0 heterocycles. The van der Waals surface area contributed by atoms with Crippen molar-refractivity contribution < 1.29 is 29.0 Å². The first-order valence-electron chi connectivity index (χ1n) is 10.4. The second-order valence-corrected chi connectivity index (χ2v) is 20.8. The zero-order valence-electron chi connectivity index (χ0n) is 19.9. The zero-order valence-corrected chi connectivity index (χ0v) is 21.9. The molecule has 0 aliphatic heterocycles. The minimum absolute atomic E-state index is 0.0486. The highest BCUT2D eigenvalue weighted by Gasteiger charge is 2.50. The van der Waals surface area contributed by atoms with Gasteiger partial charge in [-0.25, -0.2) is 4.79 Å². The van der Waals surface area contributed by atoms with Gasteiger partial charge in [-0.2, -0.15) is 0 Å². The Kier molecular flexibility index (Phi) is 8.16. The smallest absolute Gasteiger partial charge is 0.328 e. The van der Waals surface area contributed by atoms with Crippen molar-refractivity contribution in [3.63, 3.8) is 0 Å². The first kappa shape index (κ1) is 26.5. The molecular weight excluding hydrogens is 404 g/mol. The van der Waals surface area contributed by atoms with E-state index in [2.05, 4.69) is 67.7 Å². The van der Waals surface area contributed by atoms with Gasteiger partial charge in [-0.1, -0.05) is 47.1 Å². The van der Waals surface area contributed by atoms with Crippen LogP contribution >= 0.6 is 0 Å². The average Bonchev–Trinajstić information content (AvgIpc) is 2.48. The molecule has 0 aromatic heterocycles. The maximum Gasteiger partial charge on any atom is 0.328 e. The summed E-state index contributed by atoms with van der Waals surface area (Å²) >= 11 is 0. The van der Waals surface area contributed by atoms with E-state index in [0.717, 1.165) is 6.08 Å². The minimum atomic E-state index is -2.28. The number of carboxylic acid groups (broad SMARTS) is 1. The Morgan fingerprint density at radius 2 is 1.48 bits per heavy atom. The molecule has 29 heavy (non-hydrogen) atoms. The first-order chi connectivity index (χ1) is 12.8. The van der Waals surface area contributed by atoms with Crippen molar-refractivity contribution in [2.75, 3.05) is 6.61 Å². The van der Waals surface area contributed by atoms with Crippen LogP contribution in [-0.2, 0) is 13.6 Å². The lowest BCUT2D eigenvalue weighted by Gasteiger charge is -2.49. The maximum atomic E-state index is 11.4. The van der Waals surface area contributed by atoms with Gasteiger partial charge >= 0.3 is 5.97 Å². The van der Waals surface area contributed by atoms with Gasteiger partial charge < -0.3 is 24.2 Å². The molecule has 1 rings (SSSR count). The van der Waals surface area contributed by atoms with Crippen LogP contribution in [0.1, 0.15) is 48.0 Å². The van der Waals surface area contributed by atoms with Crippen molar-refractivity contribution in [3.8, 4) is 0 Å². The Morgan fingerprint density at radius 1 is 1.03 bits per heavy atom. The van der Waals surface area contributed by atoms with Crippen molar-refractivity contribution in [3.05, 3.63) is 11.6 Å². The molecule has 4 unspecified atom stereocenters. The van der Waals surface area contributed by atoms with Crippen molar-refractivity contribution in [1.82, 2.24) is 0 Å². The fraction of sp³-hybridized carbons (Fsp3) is 0.857. The Bertz CT molecular complexity index is 616. The van der Waals surface area contributed by atoms with Crippen LogP contribution in [0.2, 0.25) is 36.3 Å². The summed E-state index contributed by atoms with van der Waals surface area (Å²) in [4.78, 5) is 11.4. The van der Waals surface area contributed by atoms with Gasteiger partial charge in [0.2, 0.25) is 0 Å². The van der Waals surface area contributed by atoms with Crippen LogP contribution in [0.25, 0.3) is 0 Å². The van der Waals surface area contributed by atoms with E-state index in [1.165, 1.54) is 0 Å². The van der Waals surface area contributed by atoms with E-state index >= 15 is 0 Å². The molecular formula is C21H42O6Si2. The third-order valence-corrected chi connectivity index (χ3v) is 16.0. The number of carboxylic acids is 1. The Balaban J connectivity index is 3.37. The quantitative estimate of drug-likeness (QED) is 0.419. The molecule has 0 amide bonds. The second-order valence-electron chi connectivity index (χ2n) is 11.3. The summed E-state index contributed by atoms with van der Waals surface area (Å²) in [5, 5.41) is 30.5. The van der Waals surface area contributed by atoms with E-state index in [9.17, 15) is 20.1 Å². The predicted molar refractivity (Wildman–Crippen MR) is 121 cm³/mol.